The molecule has 1 aliphatic rings. The van der Waals surface area contributed by atoms with Crippen LogP contribution in [0.5, 0.6) is 0 Å². The monoisotopic (exact) mass is 279 g/mol. The number of amides is 1. The predicted octanol–water partition coefficient (Wildman–Crippen LogP) is 3.19. The molecule has 0 aliphatic carbocycles. The van der Waals surface area contributed by atoms with Gasteiger partial charge in [-0.05, 0) is 43.0 Å². The van der Waals surface area contributed by atoms with Gasteiger partial charge in [-0.15, -0.1) is 11.6 Å². The maximum atomic E-state index is 12.0. The topological polar surface area (TPSA) is 37.4 Å². The lowest BCUT2D eigenvalue weighted by atomic mass is 9.96. The molecule has 2 rings (SSSR count). The number of hydrogen-bond donors (Lipinski definition) is 0. The molecule has 19 heavy (non-hydrogen) atoms. The van der Waals surface area contributed by atoms with E-state index in [1.54, 1.807) is 11.8 Å². The number of hydrogen-bond acceptors (Lipinski definition) is 2. The fraction of sp³-hybridized carbons (Fsp3) is 0.467. The van der Waals surface area contributed by atoms with Crippen LogP contribution in [-0.2, 0) is 11.2 Å². The fourth-order valence-electron chi connectivity index (χ4n) is 2.47. The highest BCUT2D eigenvalue weighted by Crippen LogP contribution is 2.28. The Morgan fingerprint density at radius 2 is 2.16 bits per heavy atom. The van der Waals surface area contributed by atoms with E-state index in [9.17, 15) is 9.59 Å². The Hall–Kier alpha value is -1.35. The zero-order chi connectivity index (χ0) is 13.8. The van der Waals surface area contributed by atoms with Gasteiger partial charge in [0.2, 0.25) is 5.91 Å². The zero-order valence-corrected chi connectivity index (χ0v) is 11.9. The Morgan fingerprint density at radius 1 is 1.37 bits per heavy atom. The van der Waals surface area contributed by atoms with Gasteiger partial charge in [-0.25, -0.2) is 0 Å². The molecule has 0 atom stereocenters. The van der Waals surface area contributed by atoms with Crippen LogP contribution in [0.15, 0.2) is 18.2 Å². The second kappa shape index (κ2) is 6.20. The smallest absolute Gasteiger partial charge is 0.223 e. The Morgan fingerprint density at radius 3 is 2.84 bits per heavy atom. The highest BCUT2D eigenvalue weighted by atomic mass is 35.5. The zero-order valence-electron chi connectivity index (χ0n) is 11.1. The van der Waals surface area contributed by atoms with E-state index in [2.05, 4.69) is 0 Å². The van der Waals surface area contributed by atoms with Gasteiger partial charge in [-0.3, -0.25) is 9.59 Å². The minimum absolute atomic E-state index is 0.0576. The number of alkyl halides is 1. The molecule has 0 saturated carbocycles. The normalized spacial score (nSPS) is 14.1. The number of Topliss-reactive ketones (excluding diaryl/α,β-unsaturated/α-hetero) is 1. The summed E-state index contributed by atoms with van der Waals surface area (Å²) in [6.07, 6.45) is 3.07. The van der Waals surface area contributed by atoms with Crippen LogP contribution in [0.25, 0.3) is 0 Å². The summed E-state index contributed by atoms with van der Waals surface area (Å²) in [5, 5.41) is 0. The van der Waals surface area contributed by atoms with Gasteiger partial charge in [0.05, 0.1) is 0 Å². The first-order valence-corrected chi connectivity index (χ1v) is 7.17. The van der Waals surface area contributed by atoms with Gasteiger partial charge in [0.1, 0.15) is 0 Å². The number of ketones is 1. The molecule has 1 aromatic carbocycles. The lowest BCUT2D eigenvalue weighted by Crippen LogP contribution is -2.33. The Labute approximate surface area is 118 Å². The highest BCUT2D eigenvalue weighted by molar-refractivity contribution is 6.18. The van der Waals surface area contributed by atoms with Gasteiger partial charge in [-0.1, -0.05) is 0 Å². The molecular formula is C15H18ClNO2. The number of rotatable bonds is 4. The standard InChI is InChI=1S/C15H18ClNO2/c1-11(18)17-9-3-4-12-10-13(6-7-14(12)17)15(19)5-2-8-16/h6-7,10H,2-5,8-9H2,1H3. The van der Waals surface area contributed by atoms with Crippen molar-refractivity contribution in [2.75, 3.05) is 17.3 Å². The number of halogens is 1. The second-order valence-corrected chi connectivity index (χ2v) is 5.21. The Kier molecular flexibility index (Phi) is 4.59. The first-order valence-electron chi connectivity index (χ1n) is 6.63. The third-order valence-corrected chi connectivity index (χ3v) is 3.70. The molecule has 0 bridgehead atoms. The van der Waals surface area contributed by atoms with E-state index >= 15 is 0 Å². The number of anilines is 1. The molecule has 0 unspecified atom stereocenters. The van der Waals surface area contributed by atoms with Crippen LogP contribution in [0.2, 0.25) is 0 Å². The van der Waals surface area contributed by atoms with Crippen molar-refractivity contribution in [2.24, 2.45) is 0 Å². The number of fused-ring (bicyclic) bond motifs is 1. The molecule has 1 amide bonds. The number of nitrogens with zero attached hydrogens (tertiary/aromatic N) is 1. The van der Waals surface area contributed by atoms with Crippen molar-refractivity contribution in [3.63, 3.8) is 0 Å². The summed E-state index contributed by atoms with van der Waals surface area (Å²) in [6, 6.07) is 5.64. The quantitative estimate of drug-likeness (QED) is 0.627. The van der Waals surface area contributed by atoms with Crippen molar-refractivity contribution in [3.8, 4) is 0 Å². The van der Waals surface area contributed by atoms with Crippen molar-refractivity contribution in [3.05, 3.63) is 29.3 Å². The number of carbonyl (C=O) groups is 2. The van der Waals surface area contributed by atoms with Gasteiger partial charge in [-0.2, -0.15) is 0 Å². The summed E-state index contributed by atoms with van der Waals surface area (Å²) >= 11 is 5.61. The summed E-state index contributed by atoms with van der Waals surface area (Å²) in [4.78, 5) is 25.3. The second-order valence-electron chi connectivity index (χ2n) is 4.83. The van der Waals surface area contributed by atoms with Crippen molar-refractivity contribution in [1.82, 2.24) is 0 Å². The van der Waals surface area contributed by atoms with Crippen molar-refractivity contribution in [2.45, 2.75) is 32.6 Å². The third kappa shape index (κ3) is 3.16. The molecule has 0 aromatic heterocycles. The minimum atomic E-state index is 0.0576. The summed E-state index contributed by atoms with van der Waals surface area (Å²) < 4.78 is 0. The van der Waals surface area contributed by atoms with Crippen molar-refractivity contribution in [1.29, 1.82) is 0 Å². The lowest BCUT2D eigenvalue weighted by Gasteiger charge is -2.28. The molecule has 3 nitrogen and oxygen atoms in total. The summed E-state index contributed by atoms with van der Waals surface area (Å²) in [5.41, 5.74) is 2.78. The average molecular weight is 280 g/mol. The maximum absolute atomic E-state index is 12.0. The number of aryl methyl sites for hydroxylation is 1. The van der Waals surface area contributed by atoms with E-state index in [4.69, 9.17) is 11.6 Å². The highest BCUT2D eigenvalue weighted by Gasteiger charge is 2.20. The van der Waals surface area contributed by atoms with E-state index in [0.29, 0.717) is 18.7 Å². The van der Waals surface area contributed by atoms with Crippen LogP contribution >= 0.6 is 11.6 Å². The summed E-state index contributed by atoms with van der Waals surface area (Å²) in [7, 11) is 0. The molecule has 0 N–H and O–H groups in total. The lowest BCUT2D eigenvalue weighted by molar-refractivity contribution is -0.116. The molecular weight excluding hydrogens is 262 g/mol. The Balaban J connectivity index is 2.24. The average Bonchev–Trinajstić information content (AvgIpc) is 2.43. The van der Waals surface area contributed by atoms with Crippen LogP contribution in [0.1, 0.15) is 42.1 Å². The molecule has 1 aromatic rings. The van der Waals surface area contributed by atoms with Crippen LogP contribution in [0.3, 0.4) is 0 Å². The largest absolute Gasteiger partial charge is 0.312 e. The van der Waals surface area contributed by atoms with E-state index in [1.165, 1.54) is 0 Å². The van der Waals surface area contributed by atoms with Gasteiger partial charge in [0.15, 0.2) is 5.78 Å². The number of benzene rings is 1. The molecule has 0 radical (unpaired) electrons. The van der Waals surface area contributed by atoms with Crippen LogP contribution in [0, 0.1) is 0 Å². The molecule has 1 aliphatic heterocycles. The molecule has 4 heteroatoms. The van der Waals surface area contributed by atoms with Crippen molar-refractivity contribution >= 4 is 29.0 Å². The van der Waals surface area contributed by atoms with E-state index < -0.39 is 0 Å². The van der Waals surface area contributed by atoms with Crippen LogP contribution < -0.4 is 4.90 Å². The van der Waals surface area contributed by atoms with Gasteiger partial charge in [0.25, 0.3) is 0 Å². The third-order valence-electron chi connectivity index (χ3n) is 3.44. The molecule has 0 fully saturated rings. The number of carbonyl (C=O) groups excluding carboxylic acids is 2. The van der Waals surface area contributed by atoms with E-state index in [-0.39, 0.29) is 11.7 Å². The van der Waals surface area contributed by atoms with Gasteiger partial charge >= 0.3 is 0 Å². The fourth-order valence-corrected chi connectivity index (χ4v) is 2.60. The molecule has 0 spiro atoms. The summed E-state index contributed by atoms with van der Waals surface area (Å²) in [6.45, 7) is 2.34. The SMILES string of the molecule is CC(=O)N1CCCc2cc(C(=O)CCCCl)ccc21. The maximum Gasteiger partial charge on any atom is 0.223 e. The molecule has 1 heterocycles. The predicted molar refractivity (Wildman–Crippen MR) is 77.1 cm³/mol. The molecule has 102 valence electrons. The Bertz CT molecular complexity index is 499. The van der Waals surface area contributed by atoms with Crippen molar-refractivity contribution < 1.29 is 9.59 Å². The first-order chi connectivity index (χ1) is 9.13. The first kappa shape index (κ1) is 14.1. The van der Waals surface area contributed by atoms with Gasteiger partial charge < -0.3 is 4.90 Å². The van der Waals surface area contributed by atoms with Gasteiger partial charge in [0, 0.05) is 37.0 Å². The van der Waals surface area contributed by atoms with Crippen LogP contribution in [-0.4, -0.2) is 24.1 Å². The molecule has 0 saturated heterocycles. The van der Waals surface area contributed by atoms with E-state index in [0.717, 1.165) is 36.2 Å². The van der Waals surface area contributed by atoms with E-state index in [1.807, 2.05) is 18.2 Å². The minimum Gasteiger partial charge on any atom is -0.312 e. The van der Waals surface area contributed by atoms with Crippen LogP contribution in [0.4, 0.5) is 5.69 Å². The summed E-state index contributed by atoms with van der Waals surface area (Å²) in [5.74, 6) is 0.694.